The Kier molecular flexibility index (Phi) is 3.34. The number of alkyl halides is 2. The summed E-state index contributed by atoms with van der Waals surface area (Å²) < 4.78 is 60.5. The lowest BCUT2D eigenvalue weighted by Gasteiger charge is -2.37. The summed E-state index contributed by atoms with van der Waals surface area (Å²) in [7, 11) is -5.56. The maximum absolute atomic E-state index is 13.2. The molecule has 0 saturated heterocycles. The molecule has 4 rings (SSSR count). The third-order valence-corrected chi connectivity index (χ3v) is 7.67. The quantitative estimate of drug-likeness (QED) is 0.478. The van der Waals surface area contributed by atoms with Gasteiger partial charge in [-0.1, -0.05) is 0 Å². The van der Waals surface area contributed by atoms with Gasteiger partial charge in [0.2, 0.25) is 0 Å². The van der Waals surface area contributed by atoms with E-state index in [4.69, 9.17) is 4.55 Å². The summed E-state index contributed by atoms with van der Waals surface area (Å²) in [6, 6.07) is 0. The summed E-state index contributed by atoms with van der Waals surface area (Å²) in [5.41, 5.74) is 0. The van der Waals surface area contributed by atoms with Gasteiger partial charge in [-0.05, 0) is 67.6 Å². The maximum atomic E-state index is 13.2. The monoisotopic (exact) mass is 350 g/mol. The van der Waals surface area contributed by atoms with Gasteiger partial charge in [-0.25, -0.2) is 0 Å². The number of hydrogen-bond donors (Lipinski definition) is 1. The van der Waals surface area contributed by atoms with Crippen molar-refractivity contribution in [3.8, 4) is 0 Å². The minimum absolute atomic E-state index is 0.201. The molecule has 0 amide bonds. The fourth-order valence-corrected chi connectivity index (χ4v) is 6.38. The molecule has 4 saturated carbocycles. The second-order valence-corrected chi connectivity index (χ2v) is 9.26. The van der Waals surface area contributed by atoms with Crippen LogP contribution in [0.1, 0.15) is 32.1 Å². The highest BCUT2D eigenvalue weighted by molar-refractivity contribution is 7.86. The second kappa shape index (κ2) is 4.88. The van der Waals surface area contributed by atoms with E-state index in [9.17, 15) is 22.0 Å². The normalized spacial score (nSPS) is 44.6. The van der Waals surface area contributed by atoms with Crippen molar-refractivity contribution in [3.05, 3.63) is 0 Å². The molecule has 8 heteroatoms. The molecule has 0 aromatic rings. The van der Waals surface area contributed by atoms with Crippen molar-refractivity contribution in [2.45, 2.75) is 37.4 Å². The zero-order valence-corrected chi connectivity index (χ0v) is 13.3. The fraction of sp³-hybridized carbons (Fsp3) is 0.933. The van der Waals surface area contributed by atoms with Gasteiger partial charge in [0, 0.05) is 0 Å². The van der Waals surface area contributed by atoms with E-state index < -0.39 is 33.9 Å². The van der Waals surface area contributed by atoms with E-state index in [1.165, 1.54) is 19.3 Å². The molecule has 7 atom stereocenters. The average molecular weight is 350 g/mol. The molecule has 7 unspecified atom stereocenters. The van der Waals surface area contributed by atoms with Crippen LogP contribution < -0.4 is 0 Å². The van der Waals surface area contributed by atoms with E-state index in [-0.39, 0.29) is 5.92 Å². The van der Waals surface area contributed by atoms with Crippen LogP contribution in [0, 0.1) is 41.4 Å². The topological polar surface area (TPSA) is 80.7 Å². The van der Waals surface area contributed by atoms with Gasteiger partial charge >= 0.3 is 21.3 Å². The van der Waals surface area contributed by atoms with Gasteiger partial charge in [-0.3, -0.25) is 9.35 Å². The van der Waals surface area contributed by atoms with Gasteiger partial charge < -0.3 is 4.74 Å². The van der Waals surface area contributed by atoms with Crippen molar-refractivity contribution in [1.29, 1.82) is 0 Å². The Bertz CT molecular complexity index is 634. The Hall–Kier alpha value is -0.760. The van der Waals surface area contributed by atoms with Gasteiger partial charge in [0.25, 0.3) is 0 Å². The molecule has 0 aromatic heterocycles. The highest BCUT2D eigenvalue weighted by Gasteiger charge is 2.63. The van der Waals surface area contributed by atoms with Crippen LogP contribution in [0.2, 0.25) is 0 Å². The molecule has 1 N–H and O–H groups in total. The van der Waals surface area contributed by atoms with Crippen LogP contribution in [0.3, 0.4) is 0 Å². The van der Waals surface area contributed by atoms with Gasteiger partial charge in [-0.15, -0.1) is 0 Å². The molecule has 23 heavy (non-hydrogen) atoms. The Balaban J connectivity index is 1.42. The molecule has 0 radical (unpaired) electrons. The smallest absolute Gasteiger partial charge is 0.402 e. The van der Waals surface area contributed by atoms with E-state index in [1.54, 1.807) is 0 Å². The number of carbonyl (C=O) groups excluding carboxylic acids is 1. The summed E-state index contributed by atoms with van der Waals surface area (Å²) in [6.07, 6.45) is 5.37. The Labute approximate surface area is 133 Å². The van der Waals surface area contributed by atoms with E-state index in [0.29, 0.717) is 30.1 Å². The number of esters is 1. The van der Waals surface area contributed by atoms with E-state index in [2.05, 4.69) is 4.74 Å². The largest absolute Gasteiger partial charge is 0.458 e. The van der Waals surface area contributed by atoms with Crippen LogP contribution in [-0.2, 0) is 19.6 Å². The van der Waals surface area contributed by atoms with Crippen LogP contribution in [0.25, 0.3) is 0 Å². The maximum Gasteiger partial charge on any atom is 0.402 e. The number of ether oxygens (including phenoxy) is 1. The highest BCUT2D eigenvalue weighted by Crippen LogP contribution is 2.68. The minimum atomic E-state index is -5.56. The van der Waals surface area contributed by atoms with Gasteiger partial charge in [0.1, 0.15) is 0 Å². The van der Waals surface area contributed by atoms with Crippen LogP contribution in [-0.4, -0.2) is 30.8 Å². The Morgan fingerprint density at radius 2 is 1.74 bits per heavy atom. The minimum Gasteiger partial charge on any atom is -0.458 e. The predicted octanol–water partition coefficient (Wildman–Crippen LogP) is 2.33. The molecular weight excluding hydrogens is 330 g/mol. The summed E-state index contributed by atoms with van der Waals surface area (Å²) >= 11 is 0. The lowest BCUT2D eigenvalue weighted by molar-refractivity contribution is -0.158. The molecular formula is C15H20F2O5S. The first kappa shape index (κ1) is 15.7. The Morgan fingerprint density at radius 3 is 2.39 bits per heavy atom. The van der Waals surface area contributed by atoms with Gasteiger partial charge in [-0.2, -0.15) is 17.2 Å². The fourth-order valence-electron chi connectivity index (χ4n) is 6.17. The number of fused-ring (bicyclic) bond motifs is 9. The number of halogens is 2. The van der Waals surface area contributed by atoms with Crippen molar-refractivity contribution in [3.63, 3.8) is 0 Å². The third-order valence-electron chi connectivity index (χ3n) is 6.80. The molecule has 4 aliphatic carbocycles. The molecule has 5 nitrogen and oxygen atoms in total. The number of carbonyl (C=O) groups is 1. The first-order chi connectivity index (χ1) is 10.7. The molecule has 4 bridgehead atoms. The predicted molar refractivity (Wildman–Crippen MR) is 75.0 cm³/mol. The lowest BCUT2D eigenvalue weighted by Crippen LogP contribution is -2.39. The summed E-state index contributed by atoms with van der Waals surface area (Å²) in [4.78, 5) is 12.2. The third kappa shape index (κ3) is 2.24. The van der Waals surface area contributed by atoms with E-state index in [0.717, 1.165) is 12.3 Å². The Morgan fingerprint density at radius 1 is 1.09 bits per heavy atom. The molecule has 0 heterocycles. The first-order valence-corrected chi connectivity index (χ1v) is 9.64. The molecule has 4 fully saturated rings. The van der Waals surface area contributed by atoms with Gasteiger partial charge in [0.15, 0.2) is 6.61 Å². The van der Waals surface area contributed by atoms with E-state index in [1.807, 2.05) is 0 Å². The molecule has 0 aromatic carbocycles. The average Bonchev–Trinajstić information content (AvgIpc) is 3.20. The van der Waals surface area contributed by atoms with Crippen LogP contribution in [0.5, 0.6) is 0 Å². The van der Waals surface area contributed by atoms with Crippen LogP contribution >= 0.6 is 0 Å². The van der Waals surface area contributed by atoms with Crippen molar-refractivity contribution < 1.29 is 31.3 Å². The zero-order chi connectivity index (χ0) is 16.6. The number of rotatable bonds is 4. The van der Waals surface area contributed by atoms with Gasteiger partial charge in [0.05, 0.1) is 5.92 Å². The van der Waals surface area contributed by atoms with Crippen LogP contribution in [0.4, 0.5) is 8.78 Å². The first-order valence-electron chi connectivity index (χ1n) is 8.20. The van der Waals surface area contributed by atoms with Crippen molar-refractivity contribution in [2.24, 2.45) is 41.4 Å². The summed E-state index contributed by atoms with van der Waals surface area (Å²) in [5.74, 6) is 2.22. The second-order valence-electron chi connectivity index (χ2n) is 7.71. The lowest BCUT2D eigenvalue weighted by atomic mass is 9.67. The highest BCUT2D eigenvalue weighted by atomic mass is 32.2. The van der Waals surface area contributed by atoms with E-state index >= 15 is 0 Å². The summed E-state index contributed by atoms with van der Waals surface area (Å²) in [5, 5.41) is -4.45. The molecule has 4 aliphatic rings. The van der Waals surface area contributed by atoms with Crippen molar-refractivity contribution >= 4 is 16.1 Å². The standard InChI is InChI=1S/C15H20F2O5S/c16-15(17,23(19,20)21)6-22-14(18)11-5-9-4-10(11)13-8-2-1-7(3-8)12(9)13/h7-13H,1-6H2,(H,19,20,21). The SMILES string of the molecule is O=C(OCC(F)(F)S(=O)(=O)O)C1CC2CC1C1C3CCC(C3)C21. The number of hydrogen-bond acceptors (Lipinski definition) is 4. The summed E-state index contributed by atoms with van der Waals surface area (Å²) in [6.45, 7) is -1.61. The zero-order valence-electron chi connectivity index (χ0n) is 12.5. The molecule has 0 aliphatic heterocycles. The molecule has 130 valence electrons. The molecule has 0 spiro atoms. The van der Waals surface area contributed by atoms with Crippen molar-refractivity contribution in [2.75, 3.05) is 6.61 Å². The van der Waals surface area contributed by atoms with Crippen molar-refractivity contribution in [1.82, 2.24) is 0 Å². The van der Waals surface area contributed by atoms with Crippen LogP contribution in [0.15, 0.2) is 0 Å².